The maximum absolute atomic E-state index is 9.67. The maximum Gasteiger partial charge on any atom is 0.187 e. The highest BCUT2D eigenvalue weighted by atomic mass is 127. The van der Waals surface area contributed by atoms with Gasteiger partial charge < -0.3 is 39.1 Å². The first-order valence-corrected chi connectivity index (χ1v) is 47.9. The number of nitrogens with zero attached hydrogens (tertiary/aromatic N) is 10. The standard InChI is InChI=1S/C62H40N6.C25H17N3.C18H12IN.C12H8Br2.C7H6N2.B/c1-64-46-26-34-52(35-27-46)66(54-37-39-62-58(41-54)56-17-9-11-19-60(56)68(62)48-14-6-3-7-15-48)51-32-24-45(25-33-51)44-22-30-50(31-23-44)65(49-28-20-43(42-63)21-29-49)53-36-38-61-57(40-53)55-16-8-10-18-59(55)67(61)47-12-4-2-5-13-47;1-26-18-11-13-19(14-12-18)27-20-15-16-25-23(17-20)22-9-5-6-10-24(22)28(25)21-7-3-2-4-8-21;19-13-10-11-18-16(12-13)15-8-4-5-9-17(15)20(18)14-6-2-1-3-7-14;13-11-5-1-9(2-6-11)10-3-7-12(14)8-4-10;8-5-6-1-3-7(9)4-2-6;/h2-41H;2-17,27H;1-12H;1-8H;1-4H,9H2;. The van der Waals surface area contributed by atoms with Crippen LogP contribution in [0.4, 0.5) is 62.6 Å². The van der Waals surface area contributed by atoms with Crippen LogP contribution in [0.5, 0.6) is 0 Å². The molecule has 0 aliphatic heterocycles. The molecule has 0 unspecified atom stereocenters. The molecule has 663 valence electrons. The van der Waals surface area contributed by atoms with Gasteiger partial charge in [0.2, 0.25) is 0 Å². The number of hydrogen-bond acceptors (Lipinski definition) is 6. The van der Waals surface area contributed by atoms with Gasteiger partial charge in [0.05, 0.1) is 80.5 Å². The first-order chi connectivity index (χ1) is 68.4. The van der Waals surface area contributed by atoms with Crippen molar-refractivity contribution in [1.29, 1.82) is 10.5 Å². The molecule has 0 spiro atoms. The highest BCUT2D eigenvalue weighted by Crippen LogP contribution is 2.45. The summed E-state index contributed by atoms with van der Waals surface area (Å²) >= 11 is 9.22. The van der Waals surface area contributed by atoms with Crippen molar-refractivity contribution in [2.24, 2.45) is 0 Å². The third-order valence-electron chi connectivity index (χ3n) is 24.6. The van der Waals surface area contributed by atoms with Crippen molar-refractivity contribution in [3.8, 4) is 57.1 Å². The van der Waals surface area contributed by atoms with Gasteiger partial charge in [0.15, 0.2) is 11.4 Å². The van der Waals surface area contributed by atoms with Gasteiger partial charge in [-0.2, -0.15) is 10.5 Å². The molecule has 20 aromatic carbocycles. The average Bonchev–Trinajstić information content (AvgIpc) is 1.65. The van der Waals surface area contributed by atoms with Gasteiger partial charge in [-0.1, -0.05) is 250 Å². The summed E-state index contributed by atoms with van der Waals surface area (Å²) in [5.41, 5.74) is 35.3. The minimum atomic E-state index is 0. The maximum atomic E-state index is 9.67. The minimum absolute atomic E-state index is 0. The molecule has 24 aromatic rings. The lowest BCUT2D eigenvalue weighted by Crippen LogP contribution is -2.10. The Morgan fingerprint density at radius 1 is 0.264 bits per heavy atom. The summed E-state index contributed by atoms with van der Waals surface area (Å²) < 4.78 is 12.8. The Labute approximate surface area is 844 Å². The topological polar surface area (TPSA) is 121 Å². The summed E-state index contributed by atoms with van der Waals surface area (Å²) in [6.45, 7) is 14.7. The van der Waals surface area contributed by atoms with Crippen LogP contribution < -0.4 is 20.9 Å². The first kappa shape index (κ1) is 91.6. The van der Waals surface area contributed by atoms with Gasteiger partial charge in [0, 0.05) is 138 Å². The van der Waals surface area contributed by atoms with Crippen LogP contribution in [-0.2, 0) is 0 Å². The smallest absolute Gasteiger partial charge is 0.187 e. The van der Waals surface area contributed by atoms with E-state index >= 15 is 0 Å². The van der Waals surface area contributed by atoms with Crippen molar-refractivity contribution in [2.45, 2.75) is 0 Å². The highest BCUT2D eigenvalue weighted by Gasteiger charge is 2.23. The Morgan fingerprint density at radius 3 is 0.864 bits per heavy atom. The lowest BCUT2D eigenvalue weighted by molar-refractivity contribution is 1.18. The average molecular weight is 2040 g/mol. The quantitative estimate of drug-likeness (QED) is 0.0484. The fraction of sp³-hybridized carbons (Fsp3) is 0. The molecule has 0 atom stereocenters. The van der Waals surface area contributed by atoms with Crippen molar-refractivity contribution in [3.63, 3.8) is 0 Å². The van der Waals surface area contributed by atoms with E-state index < -0.39 is 0 Å². The minimum Gasteiger partial charge on any atom is -0.399 e. The van der Waals surface area contributed by atoms with Crippen molar-refractivity contribution in [1.82, 2.24) is 18.3 Å². The summed E-state index contributed by atoms with van der Waals surface area (Å²) in [5, 5.41) is 31.2. The molecule has 4 heterocycles. The van der Waals surface area contributed by atoms with E-state index in [-0.39, 0.29) is 8.41 Å². The molecule has 0 aliphatic rings. The number of rotatable bonds is 14. The normalized spacial score (nSPS) is 10.8. The van der Waals surface area contributed by atoms with Crippen LogP contribution in [0.2, 0.25) is 0 Å². The number of nitrogen functional groups attached to an aromatic ring is 1. The van der Waals surface area contributed by atoms with Gasteiger partial charge >= 0.3 is 0 Å². The zero-order chi connectivity index (χ0) is 94.7. The Morgan fingerprint density at radius 2 is 0.521 bits per heavy atom. The van der Waals surface area contributed by atoms with E-state index in [1.165, 1.54) is 74.8 Å². The second-order valence-electron chi connectivity index (χ2n) is 33.1. The van der Waals surface area contributed by atoms with Crippen LogP contribution in [-0.4, -0.2) is 26.7 Å². The van der Waals surface area contributed by atoms with E-state index in [4.69, 9.17) is 24.1 Å². The van der Waals surface area contributed by atoms with Gasteiger partial charge in [-0.15, -0.1) is 0 Å². The predicted molar refractivity (Wildman–Crippen MR) is 600 cm³/mol. The van der Waals surface area contributed by atoms with Crippen molar-refractivity contribution >= 4 is 213 Å². The summed E-state index contributed by atoms with van der Waals surface area (Å²) in [7, 11) is 0. The number of hydrogen-bond donors (Lipinski definition) is 2. The van der Waals surface area contributed by atoms with Crippen LogP contribution >= 0.6 is 54.5 Å². The number of nitrogens with one attached hydrogen (secondary N) is 1. The lowest BCUT2D eigenvalue weighted by atomic mass is 10.0. The number of anilines is 9. The third kappa shape index (κ3) is 19.3. The summed E-state index contributed by atoms with van der Waals surface area (Å²) in [6.07, 6.45) is 0. The molecular formula is C124H83BBr2IN12. The molecule has 140 heavy (non-hydrogen) atoms. The number of halogens is 3. The predicted octanol–water partition coefficient (Wildman–Crippen LogP) is 35.0. The van der Waals surface area contributed by atoms with Crippen LogP contribution in [0.25, 0.3) is 142 Å². The molecule has 0 aliphatic carbocycles. The van der Waals surface area contributed by atoms with E-state index in [0.717, 1.165) is 115 Å². The Kier molecular flexibility index (Phi) is 27.3. The van der Waals surface area contributed by atoms with E-state index in [2.05, 4.69) is 480 Å². The fourth-order valence-corrected chi connectivity index (χ4v) is 19.1. The van der Waals surface area contributed by atoms with E-state index in [1.807, 2.05) is 91.0 Å². The van der Waals surface area contributed by atoms with Crippen molar-refractivity contribution in [2.75, 3.05) is 20.9 Å². The van der Waals surface area contributed by atoms with E-state index in [0.29, 0.717) is 28.2 Å². The molecule has 3 N–H and O–H groups in total. The fourth-order valence-electron chi connectivity index (χ4n) is 18.1. The highest BCUT2D eigenvalue weighted by molar-refractivity contribution is 14.1. The summed E-state index contributed by atoms with van der Waals surface area (Å²) in [5.74, 6) is 0. The summed E-state index contributed by atoms with van der Waals surface area (Å²) in [4.78, 5) is 11.6. The van der Waals surface area contributed by atoms with Gasteiger partial charge in [-0.25, -0.2) is 9.69 Å². The van der Waals surface area contributed by atoms with Gasteiger partial charge in [0.1, 0.15) is 0 Å². The molecule has 16 heteroatoms. The molecule has 3 radical (unpaired) electrons. The number of fused-ring (bicyclic) bond motifs is 12. The Balaban J connectivity index is 0.000000139. The Bertz CT molecular complexity index is 8450. The number of para-hydroxylation sites is 8. The molecule has 0 amide bonds. The first-order valence-electron chi connectivity index (χ1n) is 45.2. The van der Waals surface area contributed by atoms with Gasteiger partial charge in [-0.3, -0.25) is 0 Å². The molecule has 4 aromatic heterocycles. The molecular weight excluding hydrogens is 1950 g/mol. The second-order valence-corrected chi connectivity index (χ2v) is 36.2. The van der Waals surface area contributed by atoms with Crippen LogP contribution in [0.3, 0.4) is 0 Å². The van der Waals surface area contributed by atoms with E-state index in [1.54, 1.807) is 24.3 Å². The van der Waals surface area contributed by atoms with Crippen LogP contribution in [0.1, 0.15) is 11.1 Å². The monoisotopic (exact) mass is 2040 g/mol. The number of benzene rings is 20. The SMILES string of the molecule is Brc1ccc(-c2ccc(Br)cc2)cc1.Ic1ccc2c(c1)c1ccccc1n2-c1ccccc1.N#Cc1ccc(N)cc1.[B].[C-]#[N+]c1ccc(N(c2ccc(-c3ccc(N(c4ccc(C#N)cc4)c4ccc5c(c4)c4ccccc4n5-c4ccccc4)cc3)cc2)c2ccc3c(c2)c2ccccc2n3-c2ccccc2)cc1.[C-]#[N+]c1ccc(Nc2ccc3c(c2)c2ccccc2n3-c2ccccc2)cc1. The molecule has 0 saturated carbocycles. The molecule has 0 saturated heterocycles. The largest absolute Gasteiger partial charge is 0.399 e. The number of nitriles is 2. The van der Waals surface area contributed by atoms with Crippen LogP contribution in [0, 0.1) is 39.4 Å². The number of aromatic nitrogens is 4. The molecule has 24 rings (SSSR count). The molecule has 0 bridgehead atoms. The number of nitrogens with two attached hydrogens (primary N) is 1. The zero-order valence-electron chi connectivity index (χ0n) is 75.4. The zero-order valence-corrected chi connectivity index (χ0v) is 80.8. The lowest BCUT2D eigenvalue weighted by Gasteiger charge is -2.26. The van der Waals surface area contributed by atoms with Gasteiger partial charge in [0.25, 0.3) is 0 Å². The van der Waals surface area contributed by atoms with Crippen molar-refractivity contribution in [3.05, 3.63) is 532 Å². The molecule has 0 fully saturated rings. The Hall–Kier alpha value is -17.5. The van der Waals surface area contributed by atoms with Gasteiger partial charge in [-0.05, 0) is 312 Å². The summed E-state index contributed by atoms with van der Waals surface area (Å²) in [6, 6.07) is 171. The van der Waals surface area contributed by atoms with Crippen molar-refractivity contribution < 1.29 is 0 Å². The van der Waals surface area contributed by atoms with E-state index in [9.17, 15) is 5.26 Å². The van der Waals surface area contributed by atoms with Crippen LogP contribution in [0.15, 0.2) is 494 Å². The molecule has 12 nitrogen and oxygen atoms in total. The second kappa shape index (κ2) is 41.8. The third-order valence-corrected chi connectivity index (χ3v) is 26.3.